The first-order valence-electron chi connectivity index (χ1n) is 9.03. The molecule has 1 amide bonds. The summed E-state index contributed by atoms with van der Waals surface area (Å²) < 4.78 is 1.80. The van der Waals surface area contributed by atoms with Gasteiger partial charge in [-0.15, -0.1) is 10.2 Å². The minimum Gasteiger partial charge on any atom is -0.351 e. The van der Waals surface area contributed by atoms with E-state index in [1.807, 2.05) is 36.4 Å². The van der Waals surface area contributed by atoms with Gasteiger partial charge in [0.15, 0.2) is 0 Å². The average molecular weight is 363 g/mol. The Morgan fingerprint density at radius 2 is 1.96 bits per heavy atom. The van der Waals surface area contributed by atoms with E-state index in [0.29, 0.717) is 18.9 Å². The van der Waals surface area contributed by atoms with E-state index >= 15 is 0 Å². The van der Waals surface area contributed by atoms with Crippen molar-refractivity contribution in [3.63, 3.8) is 0 Å². The molecule has 2 aromatic heterocycles. The van der Waals surface area contributed by atoms with Gasteiger partial charge in [-0.05, 0) is 12.5 Å². The molecular weight excluding hydrogens is 342 g/mol. The monoisotopic (exact) mass is 363 g/mol. The van der Waals surface area contributed by atoms with Crippen LogP contribution in [-0.2, 0) is 11.3 Å². The van der Waals surface area contributed by atoms with Gasteiger partial charge in [-0.25, -0.2) is 9.97 Å². The number of nitrogens with one attached hydrogen (secondary N) is 1. The first kappa shape index (κ1) is 17.1. The van der Waals surface area contributed by atoms with E-state index in [4.69, 9.17) is 4.98 Å². The number of carbonyl (C=O) groups excluding carboxylic acids is 1. The summed E-state index contributed by atoms with van der Waals surface area (Å²) in [6.45, 7) is 2.13. The lowest BCUT2D eigenvalue weighted by Crippen LogP contribution is -2.37. The summed E-state index contributed by atoms with van der Waals surface area (Å²) in [5, 5.41) is 10.6. The Bertz CT molecular complexity index is 882. The standard InChI is InChI=1S/C19H21N7O/c27-18(8-10-25-13-21-22-14-25)23-16-7-11-26(12-16)19-20-9-6-17(24-19)15-4-2-1-3-5-15/h1-6,9,13-14,16H,7-8,10-12H2,(H,23,27). The number of anilines is 1. The van der Waals surface area contributed by atoms with Crippen LogP contribution >= 0.6 is 0 Å². The summed E-state index contributed by atoms with van der Waals surface area (Å²) in [5.41, 5.74) is 1.97. The summed E-state index contributed by atoms with van der Waals surface area (Å²) in [4.78, 5) is 23.4. The van der Waals surface area contributed by atoms with Crippen LogP contribution in [0, 0.1) is 0 Å². The van der Waals surface area contributed by atoms with Gasteiger partial charge in [0.05, 0.1) is 5.69 Å². The SMILES string of the molecule is O=C(CCn1cnnc1)NC1CCN(c2nccc(-c3ccccc3)n2)C1. The second-order valence-electron chi connectivity index (χ2n) is 6.56. The third-order valence-electron chi connectivity index (χ3n) is 4.61. The second-order valence-corrected chi connectivity index (χ2v) is 6.56. The van der Waals surface area contributed by atoms with Gasteiger partial charge in [0.1, 0.15) is 12.7 Å². The topological polar surface area (TPSA) is 88.8 Å². The quantitative estimate of drug-likeness (QED) is 0.714. The van der Waals surface area contributed by atoms with Gasteiger partial charge in [0.25, 0.3) is 0 Å². The zero-order chi connectivity index (χ0) is 18.5. The van der Waals surface area contributed by atoms with E-state index < -0.39 is 0 Å². The predicted octanol–water partition coefficient (Wildman–Crippen LogP) is 1.52. The Morgan fingerprint density at radius 1 is 1.15 bits per heavy atom. The molecule has 3 aromatic rings. The summed E-state index contributed by atoms with van der Waals surface area (Å²) >= 11 is 0. The maximum absolute atomic E-state index is 12.2. The molecule has 1 aliphatic rings. The van der Waals surface area contributed by atoms with E-state index in [1.54, 1.807) is 23.4 Å². The van der Waals surface area contributed by atoms with E-state index in [1.165, 1.54) is 0 Å². The molecule has 0 saturated carbocycles. The van der Waals surface area contributed by atoms with Crippen LogP contribution in [-0.4, -0.2) is 49.8 Å². The molecule has 0 aliphatic carbocycles. The summed E-state index contributed by atoms with van der Waals surface area (Å²) in [5.74, 6) is 0.743. The molecule has 1 unspecified atom stereocenters. The number of hydrogen-bond donors (Lipinski definition) is 1. The Balaban J connectivity index is 1.33. The van der Waals surface area contributed by atoms with Crippen molar-refractivity contribution in [2.45, 2.75) is 25.4 Å². The van der Waals surface area contributed by atoms with E-state index in [0.717, 1.165) is 30.8 Å². The number of rotatable bonds is 6. The van der Waals surface area contributed by atoms with E-state index in [2.05, 4.69) is 25.4 Å². The normalized spacial score (nSPS) is 16.4. The van der Waals surface area contributed by atoms with Crippen LogP contribution in [0.5, 0.6) is 0 Å². The Morgan fingerprint density at radius 3 is 2.78 bits per heavy atom. The van der Waals surface area contributed by atoms with Crippen LogP contribution in [0.1, 0.15) is 12.8 Å². The number of benzene rings is 1. The fraction of sp³-hybridized carbons (Fsp3) is 0.316. The highest BCUT2D eigenvalue weighted by atomic mass is 16.1. The number of hydrogen-bond acceptors (Lipinski definition) is 6. The van der Waals surface area contributed by atoms with Gasteiger partial charge in [-0.1, -0.05) is 30.3 Å². The smallest absolute Gasteiger partial charge is 0.225 e. The molecule has 4 rings (SSSR count). The first-order valence-corrected chi connectivity index (χ1v) is 9.03. The molecule has 8 heteroatoms. The highest BCUT2D eigenvalue weighted by Gasteiger charge is 2.25. The maximum Gasteiger partial charge on any atom is 0.225 e. The van der Waals surface area contributed by atoms with Crippen molar-refractivity contribution >= 4 is 11.9 Å². The average Bonchev–Trinajstić information content (AvgIpc) is 3.39. The Hall–Kier alpha value is -3.29. The van der Waals surface area contributed by atoms with Gasteiger partial charge in [-0.3, -0.25) is 4.79 Å². The predicted molar refractivity (Wildman–Crippen MR) is 101 cm³/mol. The molecular formula is C19H21N7O. The highest BCUT2D eigenvalue weighted by molar-refractivity contribution is 5.76. The minimum atomic E-state index is 0.0366. The lowest BCUT2D eigenvalue weighted by atomic mass is 10.1. The van der Waals surface area contributed by atoms with Crippen molar-refractivity contribution in [2.75, 3.05) is 18.0 Å². The zero-order valence-corrected chi connectivity index (χ0v) is 14.9. The number of nitrogens with zero attached hydrogens (tertiary/aromatic N) is 6. The molecule has 3 heterocycles. The van der Waals surface area contributed by atoms with Crippen molar-refractivity contribution in [1.82, 2.24) is 30.0 Å². The van der Waals surface area contributed by atoms with Crippen LogP contribution in [0.2, 0.25) is 0 Å². The molecule has 1 N–H and O–H groups in total. The molecule has 1 aliphatic heterocycles. The molecule has 0 bridgehead atoms. The first-order chi connectivity index (χ1) is 13.3. The lowest BCUT2D eigenvalue weighted by Gasteiger charge is -2.17. The molecule has 1 aromatic carbocycles. The lowest BCUT2D eigenvalue weighted by molar-refractivity contribution is -0.121. The fourth-order valence-corrected chi connectivity index (χ4v) is 3.20. The summed E-state index contributed by atoms with van der Waals surface area (Å²) in [6.07, 6.45) is 6.31. The van der Waals surface area contributed by atoms with Crippen molar-refractivity contribution in [2.24, 2.45) is 0 Å². The van der Waals surface area contributed by atoms with Gasteiger partial charge < -0.3 is 14.8 Å². The number of aromatic nitrogens is 5. The molecule has 0 spiro atoms. The minimum absolute atomic E-state index is 0.0366. The molecule has 1 saturated heterocycles. The molecule has 27 heavy (non-hydrogen) atoms. The molecule has 138 valence electrons. The zero-order valence-electron chi connectivity index (χ0n) is 14.9. The van der Waals surface area contributed by atoms with Gasteiger partial charge in [0, 0.05) is 43.9 Å². The Labute approximate surface area is 157 Å². The van der Waals surface area contributed by atoms with Gasteiger partial charge in [0.2, 0.25) is 11.9 Å². The molecule has 0 radical (unpaired) electrons. The highest BCUT2D eigenvalue weighted by Crippen LogP contribution is 2.21. The van der Waals surface area contributed by atoms with Gasteiger partial charge in [-0.2, -0.15) is 0 Å². The third kappa shape index (κ3) is 4.28. The third-order valence-corrected chi connectivity index (χ3v) is 4.61. The van der Waals surface area contributed by atoms with Crippen LogP contribution < -0.4 is 10.2 Å². The Kier molecular flexibility index (Phi) is 5.04. The number of aryl methyl sites for hydroxylation is 1. The van der Waals surface area contributed by atoms with Crippen molar-refractivity contribution < 1.29 is 4.79 Å². The molecule has 8 nitrogen and oxygen atoms in total. The van der Waals surface area contributed by atoms with E-state index in [-0.39, 0.29) is 11.9 Å². The van der Waals surface area contributed by atoms with Crippen molar-refractivity contribution in [3.05, 3.63) is 55.2 Å². The maximum atomic E-state index is 12.2. The molecule has 1 atom stereocenters. The van der Waals surface area contributed by atoms with E-state index in [9.17, 15) is 4.79 Å². The largest absolute Gasteiger partial charge is 0.351 e. The summed E-state index contributed by atoms with van der Waals surface area (Å²) in [7, 11) is 0. The van der Waals surface area contributed by atoms with Crippen LogP contribution in [0.4, 0.5) is 5.95 Å². The van der Waals surface area contributed by atoms with Crippen LogP contribution in [0.25, 0.3) is 11.3 Å². The van der Waals surface area contributed by atoms with Crippen LogP contribution in [0.15, 0.2) is 55.2 Å². The summed E-state index contributed by atoms with van der Waals surface area (Å²) in [6, 6.07) is 12.1. The number of amides is 1. The molecule has 1 fully saturated rings. The van der Waals surface area contributed by atoms with Crippen molar-refractivity contribution in [1.29, 1.82) is 0 Å². The van der Waals surface area contributed by atoms with Crippen LogP contribution in [0.3, 0.4) is 0 Å². The van der Waals surface area contributed by atoms with Gasteiger partial charge >= 0.3 is 0 Å². The number of carbonyl (C=O) groups is 1. The fourth-order valence-electron chi connectivity index (χ4n) is 3.20. The van der Waals surface area contributed by atoms with Crippen molar-refractivity contribution in [3.8, 4) is 11.3 Å². The second kappa shape index (κ2) is 7.94.